The van der Waals surface area contributed by atoms with E-state index in [9.17, 15) is 24.9 Å². The van der Waals surface area contributed by atoms with Gasteiger partial charge in [0.1, 0.15) is 17.5 Å². The van der Waals surface area contributed by atoms with Crippen molar-refractivity contribution in [2.45, 2.75) is 52.2 Å². The molecule has 0 saturated heterocycles. The van der Waals surface area contributed by atoms with Gasteiger partial charge in [-0.15, -0.1) is 0 Å². The molecule has 8 nitrogen and oxygen atoms in total. The van der Waals surface area contributed by atoms with Crippen molar-refractivity contribution in [3.05, 3.63) is 95.3 Å². The van der Waals surface area contributed by atoms with Crippen LogP contribution >= 0.6 is 0 Å². The van der Waals surface area contributed by atoms with Gasteiger partial charge in [0.2, 0.25) is 0 Å². The van der Waals surface area contributed by atoms with E-state index in [0.717, 1.165) is 11.6 Å². The summed E-state index contributed by atoms with van der Waals surface area (Å²) in [5.74, 6) is 0.717. The van der Waals surface area contributed by atoms with Crippen molar-refractivity contribution in [3.63, 3.8) is 0 Å². The molecule has 8 heteroatoms. The van der Waals surface area contributed by atoms with E-state index < -0.39 is 17.5 Å². The van der Waals surface area contributed by atoms with E-state index in [1.807, 2.05) is 26.8 Å². The number of benzene rings is 2. The maximum absolute atomic E-state index is 12.3. The Hall–Kier alpha value is -4.56. The van der Waals surface area contributed by atoms with Gasteiger partial charge in [0, 0.05) is 12.5 Å². The number of phenols is 1. The maximum Gasteiger partial charge on any atom is 0.182 e. The predicted octanol–water partition coefficient (Wildman–Crippen LogP) is 6.78. The van der Waals surface area contributed by atoms with Gasteiger partial charge in [0.15, 0.2) is 34.6 Å². The zero-order valence-corrected chi connectivity index (χ0v) is 26.1. The first-order valence-electron chi connectivity index (χ1n) is 14.4. The number of aliphatic hydroxyl groups excluding tert-OH is 1. The molecule has 0 fully saturated rings. The Morgan fingerprint density at radius 2 is 1.61 bits per heavy atom. The fourth-order valence-electron chi connectivity index (χ4n) is 4.87. The molecule has 44 heavy (non-hydrogen) atoms. The summed E-state index contributed by atoms with van der Waals surface area (Å²) in [6.45, 7) is 7.53. The molecule has 0 radical (unpaired) electrons. The molecule has 0 saturated carbocycles. The van der Waals surface area contributed by atoms with E-state index in [4.69, 9.17) is 14.2 Å². The molecule has 234 valence electrons. The lowest BCUT2D eigenvalue weighted by Crippen LogP contribution is -2.46. The highest BCUT2D eigenvalue weighted by Gasteiger charge is 2.38. The number of hydrogen-bond donors (Lipinski definition) is 3. The summed E-state index contributed by atoms with van der Waals surface area (Å²) in [5.41, 5.74) is 1.09. The zero-order chi connectivity index (χ0) is 32.4. The second-order valence-electron chi connectivity index (χ2n) is 11.4. The van der Waals surface area contributed by atoms with Crippen molar-refractivity contribution >= 4 is 23.7 Å². The molecule has 2 aromatic rings. The van der Waals surface area contributed by atoms with Crippen LogP contribution in [0.2, 0.25) is 0 Å². The van der Waals surface area contributed by atoms with Crippen LogP contribution in [0.1, 0.15) is 51.7 Å². The van der Waals surface area contributed by atoms with E-state index in [2.05, 4.69) is 0 Å². The molecule has 0 bridgehead atoms. The Labute approximate surface area is 259 Å². The number of allylic oxidation sites excluding steroid dienone is 6. The number of phenolic OH excluding ortho intramolecular Hbond substituents is 1. The Balaban J connectivity index is 1.67. The molecule has 3 rings (SSSR count). The van der Waals surface area contributed by atoms with Crippen LogP contribution in [0.25, 0.3) is 12.2 Å². The molecule has 0 unspecified atom stereocenters. The molecule has 0 aromatic heterocycles. The van der Waals surface area contributed by atoms with Crippen molar-refractivity contribution in [2.24, 2.45) is 11.8 Å². The second kappa shape index (κ2) is 15.3. The normalized spacial score (nSPS) is 20.8. The van der Waals surface area contributed by atoms with Crippen LogP contribution in [-0.4, -0.2) is 52.8 Å². The molecular formula is C36H42O8. The SMILES string of the molecule is COc1cc(/C=C/C(=O)/C=C(O)/C=C/c2ccc(O[C@H]3C[C@H]([C@@H](C)CC(=O)C=C(C)C)C=C[C@@]3(C)O)c(OC)c2)ccc1O. The minimum Gasteiger partial charge on any atom is -0.508 e. The molecule has 1 aliphatic carbocycles. The maximum atomic E-state index is 12.3. The van der Waals surface area contributed by atoms with Crippen LogP contribution in [0.5, 0.6) is 23.0 Å². The number of aromatic hydroxyl groups is 1. The van der Waals surface area contributed by atoms with Crippen molar-refractivity contribution in [1.82, 2.24) is 0 Å². The van der Waals surface area contributed by atoms with E-state index in [0.29, 0.717) is 35.5 Å². The fourth-order valence-corrected chi connectivity index (χ4v) is 4.87. The molecule has 0 aliphatic heterocycles. The van der Waals surface area contributed by atoms with Gasteiger partial charge >= 0.3 is 0 Å². The number of aliphatic hydroxyl groups is 2. The lowest BCUT2D eigenvalue weighted by atomic mass is 9.76. The number of rotatable bonds is 13. The first-order chi connectivity index (χ1) is 20.8. The highest BCUT2D eigenvalue weighted by Crippen LogP contribution is 2.37. The zero-order valence-electron chi connectivity index (χ0n) is 26.1. The van der Waals surface area contributed by atoms with Crippen LogP contribution in [0.3, 0.4) is 0 Å². The Morgan fingerprint density at radius 3 is 2.27 bits per heavy atom. The van der Waals surface area contributed by atoms with Crippen LogP contribution in [0, 0.1) is 11.8 Å². The third-order valence-corrected chi connectivity index (χ3v) is 7.36. The average molecular weight is 603 g/mol. The van der Waals surface area contributed by atoms with Crippen LogP contribution in [0.4, 0.5) is 0 Å². The first-order valence-corrected chi connectivity index (χ1v) is 14.4. The number of methoxy groups -OCH3 is 2. The Morgan fingerprint density at radius 1 is 0.977 bits per heavy atom. The van der Waals surface area contributed by atoms with Crippen molar-refractivity contribution in [2.75, 3.05) is 14.2 Å². The van der Waals surface area contributed by atoms with E-state index in [1.54, 1.807) is 61.6 Å². The standard InChI is InChI=1S/C36H42O8/c1-23(2)17-30(39)18-24(3)27-15-16-36(4,41)35(21-27)44-32-14-10-26(20-34(32)43-6)8-12-29(38)22-28(37)11-7-25-9-13-31(40)33(19-25)42-5/h7-17,19-20,22,24,27,35,38,40-41H,18,21H2,1-6H3/b11-7+,12-8+,29-22-/t24-,27+,35-,36+/m0/s1. The second-order valence-corrected chi connectivity index (χ2v) is 11.4. The summed E-state index contributed by atoms with van der Waals surface area (Å²) in [7, 11) is 2.95. The number of carbonyl (C=O) groups is 2. The van der Waals surface area contributed by atoms with Gasteiger partial charge in [-0.2, -0.15) is 0 Å². The summed E-state index contributed by atoms with van der Waals surface area (Å²) in [6.07, 6.45) is 12.7. The third kappa shape index (κ3) is 9.74. The largest absolute Gasteiger partial charge is 0.508 e. The van der Waals surface area contributed by atoms with Crippen molar-refractivity contribution in [3.8, 4) is 23.0 Å². The highest BCUT2D eigenvalue weighted by molar-refractivity contribution is 6.02. The highest BCUT2D eigenvalue weighted by atomic mass is 16.5. The van der Waals surface area contributed by atoms with Gasteiger partial charge < -0.3 is 29.5 Å². The topological polar surface area (TPSA) is 123 Å². The quantitative estimate of drug-likeness (QED) is 0.0992. The number of hydrogen-bond acceptors (Lipinski definition) is 8. The molecule has 2 aromatic carbocycles. The van der Waals surface area contributed by atoms with Crippen molar-refractivity contribution < 1.29 is 39.1 Å². The molecule has 4 atom stereocenters. The predicted molar refractivity (Wildman–Crippen MR) is 172 cm³/mol. The van der Waals surface area contributed by atoms with Gasteiger partial charge in [-0.3, -0.25) is 9.59 Å². The first kappa shape index (κ1) is 33.9. The third-order valence-electron chi connectivity index (χ3n) is 7.36. The number of ketones is 2. The molecule has 0 heterocycles. The van der Waals surface area contributed by atoms with Gasteiger partial charge in [-0.1, -0.05) is 48.9 Å². The summed E-state index contributed by atoms with van der Waals surface area (Å²) >= 11 is 0. The van der Waals surface area contributed by atoms with Gasteiger partial charge in [-0.05, 0) is 92.6 Å². The minimum atomic E-state index is -1.21. The number of ether oxygens (including phenoxy) is 3. The van der Waals surface area contributed by atoms with Crippen LogP contribution in [-0.2, 0) is 9.59 Å². The van der Waals surface area contributed by atoms with Crippen molar-refractivity contribution in [1.29, 1.82) is 0 Å². The van der Waals surface area contributed by atoms with Crippen LogP contribution in [0.15, 0.2) is 84.2 Å². The summed E-state index contributed by atoms with van der Waals surface area (Å²) in [4.78, 5) is 24.6. The lowest BCUT2D eigenvalue weighted by Gasteiger charge is -2.38. The number of carbonyl (C=O) groups excluding carboxylic acids is 2. The summed E-state index contributed by atoms with van der Waals surface area (Å²) in [6, 6.07) is 9.91. The molecule has 1 aliphatic rings. The summed E-state index contributed by atoms with van der Waals surface area (Å²) in [5, 5.41) is 31.0. The molecule has 0 amide bonds. The minimum absolute atomic E-state index is 0.00355. The van der Waals surface area contributed by atoms with Gasteiger partial charge in [-0.25, -0.2) is 0 Å². The fraction of sp³-hybridized carbons (Fsp3) is 0.333. The Kier molecular flexibility index (Phi) is 11.8. The summed E-state index contributed by atoms with van der Waals surface area (Å²) < 4.78 is 16.9. The van der Waals surface area contributed by atoms with E-state index >= 15 is 0 Å². The Bertz CT molecular complexity index is 1490. The molecule has 3 N–H and O–H groups in total. The van der Waals surface area contributed by atoms with Gasteiger partial charge in [0.05, 0.1) is 14.2 Å². The monoisotopic (exact) mass is 602 g/mol. The van der Waals surface area contributed by atoms with Crippen LogP contribution < -0.4 is 14.2 Å². The molecule has 0 spiro atoms. The van der Waals surface area contributed by atoms with E-state index in [-0.39, 0.29) is 34.9 Å². The van der Waals surface area contributed by atoms with Gasteiger partial charge in [0.25, 0.3) is 0 Å². The lowest BCUT2D eigenvalue weighted by molar-refractivity contribution is -0.116. The van der Waals surface area contributed by atoms with E-state index in [1.165, 1.54) is 32.4 Å². The average Bonchev–Trinajstić information content (AvgIpc) is 2.96. The molecular weight excluding hydrogens is 560 g/mol. The smallest absolute Gasteiger partial charge is 0.182 e.